The van der Waals surface area contributed by atoms with Gasteiger partial charge in [0.25, 0.3) is 0 Å². The average molecular weight is 344 g/mol. The summed E-state index contributed by atoms with van der Waals surface area (Å²) in [5.74, 6) is -0.811. The van der Waals surface area contributed by atoms with Crippen molar-refractivity contribution in [2.75, 3.05) is 6.54 Å². The standard InChI is InChI=1S/C20H21NO2.ClH/c1-20(19(22)23,18-9-5-6-14-21-18)17-12-10-16(11-13-17)15-7-3-2-4-8-15;/h2-5,7-13,18,21H,6,14H2,1H3,(H,22,23);1H/t18-,20?;/m1./s1. The SMILES string of the molecule is CC(C(=O)O)(c1ccc(-c2ccccc2)cc1)[C@H]1C=CCCN1.Cl. The number of carbonyl (C=O) groups is 1. The Morgan fingerprint density at radius 1 is 1.08 bits per heavy atom. The van der Waals surface area contributed by atoms with Crippen LogP contribution in [0.4, 0.5) is 0 Å². The van der Waals surface area contributed by atoms with Crippen LogP contribution >= 0.6 is 12.4 Å². The molecule has 0 spiro atoms. The zero-order valence-corrected chi connectivity index (χ0v) is 14.4. The van der Waals surface area contributed by atoms with Crippen LogP contribution in [0.25, 0.3) is 11.1 Å². The molecule has 0 fully saturated rings. The molecule has 0 saturated carbocycles. The predicted molar refractivity (Wildman–Crippen MR) is 99.7 cm³/mol. The summed E-state index contributed by atoms with van der Waals surface area (Å²) in [7, 11) is 0. The molecule has 3 nitrogen and oxygen atoms in total. The minimum Gasteiger partial charge on any atom is -0.481 e. The summed E-state index contributed by atoms with van der Waals surface area (Å²) in [5.41, 5.74) is 2.06. The van der Waals surface area contributed by atoms with Crippen LogP contribution in [0.1, 0.15) is 18.9 Å². The first-order chi connectivity index (χ1) is 11.1. The normalized spacial score (nSPS) is 19.1. The first-order valence-electron chi connectivity index (χ1n) is 7.92. The second-order valence-corrected chi connectivity index (χ2v) is 6.10. The fourth-order valence-corrected chi connectivity index (χ4v) is 3.09. The molecule has 0 amide bonds. The van der Waals surface area contributed by atoms with Crippen molar-refractivity contribution in [3.8, 4) is 11.1 Å². The molecule has 1 aliphatic heterocycles. The van der Waals surface area contributed by atoms with E-state index in [1.54, 1.807) is 6.92 Å². The van der Waals surface area contributed by atoms with E-state index in [1.807, 2.05) is 48.5 Å². The Morgan fingerprint density at radius 2 is 1.71 bits per heavy atom. The third kappa shape index (κ3) is 3.37. The van der Waals surface area contributed by atoms with Crippen molar-refractivity contribution in [1.82, 2.24) is 5.32 Å². The topological polar surface area (TPSA) is 49.3 Å². The molecular weight excluding hydrogens is 322 g/mol. The van der Waals surface area contributed by atoms with Crippen LogP contribution < -0.4 is 5.32 Å². The Bertz CT molecular complexity index is 712. The highest BCUT2D eigenvalue weighted by Crippen LogP contribution is 2.32. The number of hydrogen-bond donors (Lipinski definition) is 2. The van der Waals surface area contributed by atoms with Crippen LogP contribution in [0.15, 0.2) is 66.7 Å². The van der Waals surface area contributed by atoms with E-state index >= 15 is 0 Å². The van der Waals surface area contributed by atoms with E-state index in [-0.39, 0.29) is 18.4 Å². The summed E-state index contributed by atoms with van der Waals surface area (Å²) >= 11 is 0. The van der Waals surface area contributed by atoms with E-state index in [0.717, 1.165) is 29.7 Å². The van der Waals surface area contributed by atoms with Crippen LogP contribution in [0, 0.1) is 0 Å². The molecule has 0 aromatic heterocycles. The number of halogens is 1. The minimum absolute atomic E-state index is 0. The molecule has 1 unspecified atom stereocenters. The maximum atomic E-state index is 12.0. The van der Waals surface area contributed by atoms with Crippen molar-refractivity contribution in [2.45, 2.75) is 24.8 Å². The number of nitrogens with one attached hydrogen (secondary N) is 1. The van der Waals surface area contributed by atoms with Gasteiger partial charge >= 0.3 is 5.97 Å². The second kappa shape index (κ2) is 7.65. The highest BCUT2D eigenvalue weighted by atomic mass is 35.5. The molecule has 2 atom stereocenters. The highest BCUT2D eigenvalue weighted by Gasteiger charge is 2.42. The van der Waals surface area contributed by atoms with Crippen molar-refractivity contribution in [3.05, 3.63) is 72.3 Å². The van der Waals surface area contributed by atoms with Gasteiger partial charge < -0.3 is 10.4 Å². The van der Waals surface area contributed by atoms with Crippen molar-refractivity contribution < 1.29 is 9.90 Å². The van der Waals surface area contributed by atoms with Gasteiger partial charge in [0.05, 0.1) is 0 Å². The zero-order chi connectivity index (χ0) is 16.3. The Morgan fingerprint density at radius 3 is 2.25 bits per heavy atom. The van der Waals surface area contributed by atoms with E-state index < -0.39 is 11.4 Å². The van der Waals surface area contributed by atoms with Gasteiger partial charge in [0.1, 0.15) is 5.41 Å². The number of rotatable bonds is 4. The maximum absolute atomic E-state index is 12.0. The van der Waals surface area contributed by atoms with Crippen LogP contribution in [-0.4, -0.2) is 23.7 Å². The quantitative estimate of drug-likeness (QED) is 0.824. The van der Waals surface area contributed by atoms with E-state index in [2.05, 4.69) is 23.5 Å². The average Bonchev–Trinajstić information content (AvgIpc) is 2.62. The molecule has 0 radical (unpaired) electrons. The number of hydrogen-bond acceptors (Lipinski definition) is 2. The van der Waals surface area contributed by atoms with Crippen molar-refractivity contribution >= 4 is 18.4 Å². The van der Waals surface area contributed by atoms with Crippen LogP contribution in [0.5, 0.6) is 0 Å². The molecule has 0 aliphatic carbocycles. The predicted octanol–water partition coefficient (Wildman–Crippen LogP) is 4.04. The molecule has 4 heteroatoms. The lowest BCUT2D eigenvalue weighted by molar-refractivity contribution is -0.144. The van der Waals surface area contributed by atoms with Crippen molar-refractivity contribution in [2.24, 2.45) is 0 Å². The van der Waals surface area contributed by atoms with E-state index in [4.69, 9.17) is 0 Å². The fraction of sp³-hybridized carbons (Fsp3) is 0.250. The third-order valence-corrected chi connectivity index (χ3v) is 4.66. The maximum Gasteiger partial charge on any atom is 0.315 e. The lowest BCUT2D eigenvalue weighted by Gasteiger charge is -2.35. The molecule has 1 heterocycles. The zero-order valence-electron chi connectivity index (χ0n) is 13.6. The minimum atomic E-state index is -0.980. The summed E-state index contributed by atoms with van der Waals surface area (Å²) in [6.45, 7) is 2.60. The van der Waals surface area contributed by atoms with Crippen LogP contribution in [0.3, 0.4) is 0 Å². The highest BCUT2D eigenvalue weighted by molar-refractivity contribution is 5.85. The fourth-order valence-electron chi connectivity index (χ4n) is 3.09. The first-order valence-corrected chi connectivity index (χ1v) is 7.92. The molecule has 3 rings (SSSR count). The van der Waals surface area contributed by atoms with Crippen LogP contribution in [0.2, 0.25) is 0 Å². The van der Waals surface area contributed by atoms with Gasteiger partial charge in [-0.2, -0.15) is 0 Å². The number of carboxylic acids is 1. The number of carboxylic acid groups (broad SMARTS) is 1. The smallest absolute Gasteiger partial charge is 0.315 e. The second-order valence-electron chi connectivity index (χ2n) is 6.10. The lowest BCUT2D eigenvalue weighted by atomic mass is 9.74. The molecule has 1 aliphatic rings. The van der Waals surface area contributed by atoms with Crippen molar-refractivity contribution in [1.29, 1.82) is 0 Å². The van der Waals surface area contributed by atoms with Gasteiger partial charge in [-0.05, 0) is 36.6 Å². The van der Waals surface area contributed by atoms with Crippen molar-refractivity contribution in [3.63, 3.8) is 0 Å². The molecule has 24 heavy (non-hydrogen) atoms. The Balaban J connectivity index is 0.00000208. The molecule has 0 saturated heterocycles. The van der Waals surface area contributed by atoms with Gasteiger partial charge in [-0.3, -0.25) is 4.79 Å². The number of aliphatic carboxylic acids is 1. The summed E-state index contributed by atoms with van der Waals surface area (Å²) in [6.07, 6.45) is 4.97. The molecule has 2 N–H and O–H groups in total. The number of benzene rings is 2. The largest absolute Gasteiger partial charge is 0.481 e. The van der Waals surface area contributed by atoms with Gasteiger partial charge in [0.15, 0.2) is 0 Å². The monoisotopic (exact) mass is 343 g/mol. The van der Waals surface area contributed by atoms with Gasteiger partial charge in [0, 0.05) is 6.04 Å². The molecule has 2 aromatic carbocycles. The summed E-state index contributed by atoms with van der Waals surface area (Å²) in [4.78, 5) is 12.0. The van der Waals surface area contributed by atoms with Crippen LogP contribution in [-0.2, 0) is 10.2 Å². The van der Waals surface area contributed by atoms with E-state index in [0.29, 0.717) is 0 Å². The molecule has 126 valence electrons. The lowest BCUT2D eigenvalue weighted by Crippen LogP contribution is -2.51. The van der Waals surface area contributed by atoms with E-state index in [1.165, 1.54) is 0 Å². The van der Waals surface area contributed by atoms with Gasteiger partial charge in [-0.1, -0.05) is 66.7 Å². The molecule has 2 aromatic rings. The summed E-state index contributed by atoms with van der Waals surface area (Å²) in [6, 6.07) is 17.8. The molecular formula is C20H22ClNO2. The Labute approximate surface area is 148 Å². The molecule has 0 bridgehead atoms. The van der Waals surface area contributed by atoms with Gasteiger partial charge in [0.2, 0.25) is 0 Å². The Kier molecular flexibility index (Phi) is 5.81. The first kappa shape index (κ1) is 18.2. The van der Waals surface area contributed by atoms with Gasteiger partial charge in [-0.25, -0.2) is 0 Å². The summed E-state index contributed by atoms with van der Waals surface area (Å²) in [5, 5.41) is 13.2. The third-order valence-electron chi connectivity index (χ3n) is 4.66. The Hall–Kier alpha value is -2.10. The summed E-state index contributed by atoms with van der Waals surface area (Å²) < 4.78 is 0. The van der Waals surface area contributed by atoms with Gasteiger partial charge in [-0.15, -0.1) is 12.4 Å². The van der Waals surface area contributed by atoms with E-state index in [9.17, 15) is 9.90 Å².